The fraction of sp³-hybridized carbons (Fsp3) is 0.278. The van der Waals surface area contributed by atoms with Gasteiger partial charge in [0.05, 0.1) is 0 Å². The lowest BCUT2D eigenvalue weighted by Crippen LogP contribution is -2.17. The highest BCUT2D eigenvalue weighted by atomic mass is 19.2. The standard InChI is InChI=1S/C18H16F2O/c19-16-10-4-7-13(17(16)20)11-14-8-3-6-12-5-1-2-9-15(12)18(14)21/h1-2,4-5,7,9-10,14H,3,6,8,11H2. The van der Waals surface area contributed by atoms with Crippen LogP contribution >= 0.6 is 0 Å². The summed E-state index contributed by atoms with van der Waals surface area (Å²) in [5.74, 6) is -1.91. The van der Waals surface area contributed by atoms with E-state index in [4.69, 9.17) is 0 Å². The Bertz CT molecular complexity index is 679. The van der Waals surface area contributed by atoms with Gasteiger partial charge in [0.15, 0.2) is 17.4 Å². The van der Waals surface area contributed by atoms with E-state index >= 15 is 0 Å². The van der Waals surface area contributed by atoms with E-state index in [1.165, 1.54) is 6.07 Å². The fourth-order valence-corrected chi connectivity index (χ4v) is 3.03. The van der Waals surface area contributed by atoms with Gasteiger partial charge in [-0.1, -0.05) is 36.4 Å². The monoisotopic (exact) mass is 286 g/mol. The molecular weight excluding hydrogens is 270 g/mol. The number of ketones is 1. The fourth-order valence-electron chi connectivity index (χ4n) is 3.03. The Morgan fingerprint density at radius 3 is 2.71 bits per heavy atom. The van der Waals surface area contributed by atoms with Crippen LogP contribution in [0.2, 0.25) is 0 Å². The molecule has 0 bridgehead atoms. The SMILES string of the molecule is O=C1c2ccccc2CCCC1Cc1cccc(F)c1F. The molecule has 2 aromatic carbocycles. The van der Waals surface area contributed by atoms with Crippen molar-refractivity contribution in [3.05, 3.63) is 70.8 Å². The minimum absolute atomic E-state index is 0.0479. The van der Waals surface area contributed by atoms with Gasteiger partial charge in [0.1, 0.15) is 0 Å². The Labute approximate surface area is 122 Å². The summed E-state index contributed by atoms with van der Waals surface area (Å²) in [7, 11) is 0. The first-order valence-electron chi connectivity index (χ1n) is 7.22. The van der Waals surface area contributed by atoms with E-state index in [1.807, 2.05) is 24.3 Å². The van der Waals surface area contributed by atoms with Crippen LogP contribution in [0.15, 0.2) is 42.5 Å². The number of hydrogen-bond donors (Lipinski definition) is 0. The summed E-state index contributed by atoms with van der Waals surface area (Å²) in [6.07, 6.45) is 2.73. The molecule has 1 aliphatic carbocycles. The molecule has 1 unspecified atom stereocenters. The normalized spacial score (nSPS) is 18.2. The maximum atomic E-state index is 13.8. The van der Waals surface area contributed by atoms with Crippen molar-refractivity contribution in [2.45, 2.75) is 25.7 Å². The minimum Gasteiger partial charge on any atom is -0.294 e. The number of carbonyl (C=O) groups is 1. The number of Topliss-reactive ketones (excluding diaryl/α,β-unsaturated/α-hetero) is 1. The van der Waals surface area contributed by atoms with Crippen molar-refractivity contribution in [3.63, 3.8) is 0 Å². The van der Waals surface area contributed by atoms with Crippen LogP contribution in [0.4, 0.5) is 8.78 Å². The molecule has 1 atom stereocenters. The zero-order valence-corrected chi connectivity index (χ0v) is 11.6. The van der Waals surface area contributed by atoms with E-state index in [-0.39, 0.29) is 23.7 Å². The van der Waals surface area contributed by atoms with Crippen LogP contribution < -0.4 is 0 Å². The van der Waals surface area contributed by atoms with Crippen molar-refractivity contribution in [3.8, 4) is 0 Å². The number of benzene rings is 2. The summed E-state index contributed by atoms with van der Waals surface area (Å²) < 4.78 is 27.1. The smallest absolute Gasteiger partial charge is 0.166 e. The van der Waals surface area contributed by atoms with Gasteiger partial charge in [0, 0.05) is 11.5 Å². The largest absolute Gasteiger partial charge is 0.294 e. The molecule has 0 amide bonds. The van der Waals surface area contributed by atoms with Crippen LogP contribution in [-0.4, -0.2) is 5.78 Å². The molecule has 0 heterocycles. The number of hydrogen-bond acceptors (Lipinski definition) is 1. The maximum absolute atomic E-state index is 13.8. The van der Waals surface area contributed by atoms with Gasteiger partial charge in [0.25, 0.3) is 0 Å². The van der Waals surface area contributed by atoms with Gasteiger partial charge in [-0.2, -0.15) is 0 Å². The third kappa shape index (κ3) is 2.73. The van der Waals surface area contributed by atoms with Gasteiger partial charge >= 0.3 is 0 Å². The molecule has 1 aliphatic rings. The van der Waals surface area contributed by atoms with Crippen LogP contribution in [0.25, 0.3) is 0 Å². The Kier molecular flexibility index (Phi) is 3.82. The Morgan fingerprint density at radius 1 is 1.05 bits per heavy atom. The summed E-state index contributed by atoms with van der Waals surface area (Å²) in [5, 5.41) is 0. The van der Waals surface area contributed by atoms with Crippen molar-refractivity contribution in [2.24, 2.45) is 5.92 Å². The number of carbonyl (C=O) groups excluding carboxylic acids is 1. The van der Waals surface area contributed by atoms with E-state index in [0.717, 1.165) is 30.0 Å². The molecule has 3 heteroatoms. The topological polar surface area (TPSA) is 17.1 Å². The molecule has 3 rings (SSSR count). The second-order valence-electron chi connectivity index (χ2n) is 5.53. The van der Waals surface area contributed by atoms with Crippen molar-refractivity contribution >= 4 is 5.78 Å². The molecule has 21 heavy (non-hydrogen) atoms. The number of fused-ring (bicyclic) bond motifs is 1. The van der Waals surface area contributed by atoms with Crippen molar-refractivity contribution in [1.82, 2.24) is 0 Å². The van der Waals surface area contributed by atoms with Crippen LogP contribution in [0.1, 0.15) is 34.3 Å². The Morgan fingerprint density at radius 2 is 1.86 bits per heavy atom. The van der Waals surface area contributed by atoms with Crippen LogP contribution in [0, 0.1) is 17.6 Å². The van der Waals surface area contributed by atoms with Crippen molar-refractivity contribution in [2.75, 3.05) is 0 Å². The first-order valence-corrected chi connectivity index (χ1v) is 7.22. The molecule has 0 radical (unpaired) electrons. The van der Waals surface area contributed by atoms with Gasteiger partial charge in [-0.25, -0.2) is 8.78 Å². The van der Waals surface area contributed by atoms with Gasteiger partial charge in [-0.05, 0) is 42.9 Å². The zero-order chi connectivity index (χ0) is 14.8. The zero-order valence-electron chi connectivity index (χ0n) is 11.6. The molecule has 108 valence electrons. The average molecular weight is 286 g/mol. The molecule has 0 spiro atoms. The highest BCUT2D eigenvalue weighted by molar-refractivity contribution is 5.99. The maximum Gasteiger partial charge on any atom is 0.166 e. The number of aryl methyl sites for hydroxylation is 1. The number of halogens is 2. The first kappa shape index (κ1) is 13.9. The van der Waals surface area contributed by atoms with E-state index in [9.17, 15) is 13.6 Å². The molecule has 0 saturated carbocycles. The average Bonchev–Trinajstić information content (AvgIpc) is 2.65. The third-order valence-corrected chi connectivity index (χ3v) is 4.15. The first-order chi connectivity index (χ1) is 10.2. The second kappa shape index (κ2) is 5.76. The quantitative estimate of drug-likeness (QED) is 0.750. The lowest BCUT2D eigenvalue weighted by molar-refractivity contribution is 0.0914. The predicted molar refractivity (Wildman–Crippen MR) is 77.3 cm³/mol. The molecule has 0 aromatic heterocycles. The van der Waals surface area contributed by atoms with Gasteiger partial charge in [0.2, 0.25) is 0 Å². The predicted octanol–water partition coefficient (Wildman–Crippen LogP) is 4.34. The summed E-state index contributed by atoms with van der Waals surface area (Å²) >= 11 is 0. The molecule has 1 nitrogen and oxygen atoms in total. The molecule has 0 aliphatic heterocycles. The summed E-state index contributed by atoms with van der Waals surface area (Å²) in [6, 6.07) is 11.7. The highest BCUT2D eigenvalue weighted by Crippen LogP contribution is 2.28. The van der Waals surface area contributed by atoms with Crippen molar-refractivity contribution in [1.29, 1.82) is 0 Å². The minimum atomic E-state index is -0.853. The van der Waals surface area contributed by atoms with Crippen molar-refractivity contribution < 1.29 is 13.6 Å². The Balaban J connectivity index is 1.90. The van der Waals surface area contributed by atoms with Gasteiger partial charge in [-0.3, -0.25) is 4.79 Å². The molecular formula is C18H16F2O. The molecule has 2 aromatic rings. The Hall–Kier alpha value is -2.03. The third-order valence-electron chi connectivity index (χ3n) is 4.15. The summed E-state index contributed by atoms with van der Waals surface area (Å²) in [4.78, 5) is 12.6. The van der Waals surface area contributed by atoms with Crippen LogP contribution in [0.3, 0.4) is 0 Å². The molecule has 0 N–H and O–H groups in total. The van der Waals surface area contributed by atoms with Crippen LogP contribution in [-0.2, 0) is 12.8 Å². The van der Waals surface area contributed by atoms with E-state index in [0.29, 0.717) is 6.42 Å². The van der Waals surface area contributed by atoms with E-state index < -0.39 is 11.6 Å². The second-order valence-corrected chi connectivity index (χ2v) is 5.53. The molecule has 0 fully saturated rings. The van der Waals surface area contributed by atoms with Crippen LogP contribution in [0.5, 0.6) is 0 Å². The van der Waals surface area contributed by atoms with Gasteiger partial charge < -0.3 is 0 Å². The molecule has 0 saturated heterocycles. The highest BCUT2D eigenvalue weighted by Gasteiger charge is 2.26. The lowest BCUT2D eigenvalue weighted by atomic mass is 9.89. The van der Waals surface area contributed by atoms with E-state index in [2.05, 4.69) is 0 Å². The van der Waals surface area contributed by atoms with E-state index in [1.54, 1.807) is 6.07 Å². The number of rotatable bonds is 2. The summed E-state index contributed by atoms with van der Waals surface area (Å²) in [6.45, 7) is 0. The lowest BCUT2D eigenvalue weighted by Gasteiger charge is -2.14. The summed E-state index contributed by atoms with van der Waals surface area (Å²) in [5.41, 5.74) is 2.08. The van der Waals surface area contributed by atoms with Gasteiger partial charge in [-0.15, -0.1) is 0 Å².